The maximum absolute atomic E-state index is 9.60. The fraction of sp³-hybridized carbons (Fsp3) is 1.00. The van der Waals surface area contributed by atoms with Crippen molar-refractivity contribution in [2.24, 2.45) is 5.92 Å². The molecule has 1 saturated carbocycles. The van der Waals surface area contributed by atoms with Gasteiger partial charge in [-0.15, -0.1) is 0 Å². The molecule has 0 spiro atoms. The minimum Gasteiger partial charge on any atom is -0.395 e. The third-order valence-corrected chi connectivity index (χ3v) is 4.24. The van der Waals surface area contributed by atoms with Gasteiger partial charge >= 0.3 is 0 Å². The van der Waals surface area contributed by atoms with Crippen LogP contribution in [0.2, 0.25) is 0 Å². The molecular formula is C16H33NO2. The Morgan fingerprint density at radius 1 is 1.05 bits per heavy atom. The summed E-state index contributed by atoms with van der Waals surface area (Å²) in [5.41, 5.74) is 0. The Kier molecular flexibility index (Phi) is 8.67. The van der Waals surface area contributed by atoms with Gasteiger partial charge in [0.05, 0.1) is 12.7 Å². The summed E-state index contributed by atoms with van der Waals surface area (Å²) in [6, 6.07) is 0.200. The van der Waals surface area contributed by atoms with E-state index in [9.17, 15) is 10.2 Å². The lowest BCUT2D eigenvalue weighted by molar-refractivity contribution is 0.00682. The SMILES string of the molecule is CCC.OCC1CC(O)CCN1CC1CCCCC1. The summed E-state index contributed by atoms with van der Waals surface area (Å²) in [5, 5.41) is 19.0. The molecule has 2 rings (SSSR count). The van der Waals surface area contributed by atoms with E-state index in [1.165, 1.54) is 38.5 Å². The highest BCUT2D eigenvalue weighted by Crippen LogP contribution is 2.27. The van der Waals surface area contributed by atoms with Crippen LogP contribution in [0, 0.1) is 5.92 Å². The number of rotatable bonds is 3. The molecule has 1 aliphatic heterocycles. The number of aliphatic hydroxyl groups excluding tert-OH is 2. The summed E-state index contributed by atoms with van der Waals surface area (Å²) in [7, 11) is 0. The van der Waals surface area contributed by atoms with Gasteiger partial charge in [0.1, 0.15) is 0 Å². The number of nitrogens with zero attached hydrogens (tertiary/aromatic N) is 1. The van der Waals surface area contributed by atoms with E-state index in [2.05, 4.69) is 18.7 Å². The molecule has 0 amide bonds. The molecule has 114 valence electrons. The topological polar surface area (TPSA) is 43.7 Å². The first-order valence-corrected chi connectivity index (χ1v) is 8.24. The molecule has 1 aliphatic carbocycles. The van der Waals surface area contributed by atoms with Crippen LogP contribution in [0.4, 0.5) is 0 Å². The zero-order chi connectivity index (χ0) is 14.1. The van der Waals surface area contributed by atoms with Crippen molar-refractivity contribution in [3.8, 4) is 0 Å². The van der Waals surface area contributed by atoms with Crippen LogP contribution in [0.5, 0.6) is 0 Å². The van der Waals surface area contributed by atoms with Crippen molar-refractivity contribution in [2.45, 2.75) is 77.4 Å². The van der Waals surface area contributed by atoms with Crippen molar-refractivity contribution in [3.63, 3.8) is 0 Å². The van der Waals surface area contributed by atoms with Crippen molar-refractivity contribution in [1.29, 1.82) is 0 Å². The second-order valence-corrected chi connectivity index (χ2v) is 6.22. The van der Waals surface area contributed by atoms with E-state index in [4.69, 9.17) is 0 Å². The molecule has 2 atom stereocenters. The summed E-state index contributed by atoms with van der Waals surface area (Å²) < 4.78 is 0. The fourth-order valence-electron chi connectivity index (χ4n) is 3.21. The predicted octanol–water partition coefficient (Wildman–Crippen LogP) is 2.80. The maximum atomic E-state index is 9.60. The number of hydrogen-bond donors (Lipinski definition) is 2. The average molecular weight is 271 g/mol. The molecule has 2 unspecified atom stereocenters. The van der Waals surface area contributed by atoms with E-state index in [0.717, 1.165) is 31.8 Å². The molecular weight excluding hydrogens is 238 g/mol. The molecule has 3 heteroatoms. The van der Waals surface area contributed by atoms with Crippen LogP contribution < -0.4 is 0 Å². The Morgan fingerprint density at radius 3 is 2.26 bits per heavy atom. The van der Waals surface area contributed by atoms with Crippen molar-refractivity contribution in [2.75, 3.05) is 19.7 Å². The Balaban J connectivity index is 0.000000550. The minimum atomic E-state index is -0.195. The third-order valence-electron chi connectivity index (χ3n) is 4.24. The molecule has 1 saturated heterocycles. The highest BCUT2D eigenvalue weighted by atomic mass is 16.3. The van der Waals surface area contributed by atoms with Gasteiger partial charge in [0, 0.05) is 19.1 Å². The van der Waals surface area contributed by atoms with Crippen LogP contribution in [-0.4, -0.2) is 47.0 Å². The fourth-order valence-corrected chi connectivity index (χ4v) is 3.21. The summed E-state index contributed by atoms with van der Waals surface area (Å²) in [5.74, 6) is 0.832. The quantitative estimate of drug-likeness (QED) is 0.829. The van der Waals surface area contributed by atoms with Crippen LogP contribution in [0.15, 0.2) is 0 Å². The third kappa shape index (κ3) is 6.24. The molecule has 2 fully saturated rings. The van der Waals surface area contributed by atoms with Crippen LogP contribution in [-0.2, 0) is 0 Å². The number of likely N-dealkylation sites (tertiary alicyclic amines) is 1. The van der Waals surface area contributed by atoms with Gasteiger partial charge in [0.25, 0.3) is 0 Å². The van der Waals surface area contributed by atoms with E-state index in [1.807, 2.05) is 0 Å². The van der Waals surface area contributed by atoms with E-state index < -0.39 is 0 Å². The summed E-state index contributed by atoms with van der Waals surface area (Å²) in [6.07, 6.45) is 9.56. The van der Waals surface area contributed by atoms with Gasteiger partial charge in [-0.05, 0) is 31.6 Å². The van der Waals surface area contributed by atoms with Crippen LogP contribution >= 0.6 is 0 Å². The van der Waals surface area contributed by atoms with E-state index in [1.54, 1.807) is 0 Å². The smallest absolute Gasteiger partial charge is 0.0587 e. The Bertz CT molecular complexity index is 217. The van der Waals surface area contributed by atoms with Gasteiger partial charge in [0.2, 0.25) is 0 Å². The van der Waals surface area contributed by atoms with Crippen molar-refractivity contribution in [1.82, 2.24) is 4.90 Å². The molecule has 1 heterocycles. The minimum absolute atomic E-state index is 0.195. The van der Waals surface area contributed by atoms with Crippen LogP contribution in [0.3, 0.4) is 0 Å². The molecule has 3 nitrogen and oxygen atoms in total. The lowest BCUT2D eigenvalue weighted by atomic mass is 9.87. The van der Waals surface area contributed by atoms with Gasteiger partial charge in [-0.3, -0.25) is 4.90 Å². The lowest BCUT2D eigenvalue weighted by Crippen LogP contribution is -2.48. The van der Waals surface area contributed by atoms with Crippen molar-refractivity contribution >= 4 is 0 Å². The van der Waals surface area contributed by atoms with Gasteiger partial charge in [-0.25, -0.2) is 0 Å². The van der Waals surface area contributed by atoms with Gasteiger partial charge in [-0.1, -0.05) is 39.5 Å². The van der Waals surface area contributed by atoms with Crippen LogP contribution in [0.25, 0.3) is 0 Å². The molecule has 19 heavy (non-hydrogen) atoms. The standard InChI is InChI=1S/C13H25NO2.C3H8/c15-10-12-8-13(16)6-7-14(12)9-11-4-2-1-3-5-11;1-3-2/h11-13,15-16H,1-10H2;3H2,1-2H3. The van der Waals surface area contributed by atoms with Gasteiger partial charge < -0.3 is 10.2 Å². The lowest BCUT2D eigenvalue weighted by Gasteiger charge is -2.39. The second-order valence-electron chi connectivity index (χ2n) is 6.22. The monoisotopic (exact) mass is 271 g/mol. The molecule has 2 N–H and O–H groups in total. The number of piperidine rings is 1. The zero-order valence-corrected chi connectivity index (χ0v) is 12.9. The van der Waals surface area contributed by atoms with E-state index in [-0.39, 0.29) is 18.8 Å². The maximum Gasteiger partial charge on any atom is 0.0587 e. The van der Waals surface area contributed by atoms with Gasteiger partial charge in [0.15, 0.2) is 0 Å². The zero-order valence-electron chi connectivity index (χ0n) is 12.9. The first kappa shape index (κ1) is 16.9. The predicted molar refractivity (Wildman–Crippen MR) is 80.2 cm³/mol. The molecule has 0 radical (unpaired) electrons. The molecule has 0 aromatic heterocycles. The summed E-state index contributed by atoms with van der Waals surface area (Å²) in [6.45, 7) is 6.55. The Labute approximate surface area is 119 Å². The van der Waals surface area contributed by atoms with Crippen molar-refractivity contribution in [3.05, 3.63) is 0 Å². The second kappa shape index (κ2) is 9.73. The summed E-state index contributed by atoms with van der Waals surface area (Å²) >= 11 is 0. The highest BCUT2D eigenvalue weighted by molar-refractivity contribution is 4.83. The highest BCUT2D eigenvalue weighted by Gasteiger charge is 2.28. The summed E-state index contributed by atoms with van der Waals surface area (Å²) in [4.78, 5) is 2.41. The first-order chi connectivity index (χ1) is 9.21. The number of aliphatic hydroxyl groups is 2. The molecule has 2 aliphatic rings. The van der Waals surface area contributed by atoms with E-state index in [0.29, 0.717) is 0 Å². The Hall–Kier alpha value is -0.120. The van der Waals surface area contributed by atoms with Gasteiger partial charge in [-0.2, -0.15) is 0 Å². The first-order valence-electron chi connectivity index (χ1n) is 8.24. The largest absolute Gasteiger partial charge is 0.395 e. The normalized spacial score (nSPS) is 29.7. The van der Waals surface area contributed by atoms with Crippen LogP contribution in [0.1, 0.15) is 65.2 Å². The molecule has 0 bridgehead atoms. The Morgan fingerprint density at radius 2 is 1.68 bits per heavy atom. The average Bonchev–Trinajstić information content (AvgIpc) is 2.43. The molecule has 0 aromatic rings. The van der Waals surface area contributed by atoms with Crippen molar-refractivity contribution < 1.29 is 10.2 Å². The van der Waals surface area contributed by atoms with E-state index >= 15 is 0 Å². The number of hydrogen-bond acceptors (Lipinski definition) is 3. The molecule has 0 aromatic carbocycles.